The van der Waals surface area contributed by atoms with E-state index in [1.54, 1.807) is 31.3 Å². The van der Waals surface area contributed by atoms with Gasteiger partial charge >= 0.3 is 0 Å². The van der Waals surface area contributed by atoms with Crippen molar-refractivity contribution in [3.63, 3.8) is 0 Å². The SMILES string of the molecule is C=CCC(C)(O)c1ccc(Cl)nc1. The maximum absolute atomic E-state index is 9.92. The summed E-state index contributed by atoms with van der Waals surface area (Å²) in [6.45, 7) is 5.30. The molecule has 0 spiro atoms. The molecule has 1 aromatic rings. The van der Waals surface area contributed by atoms with Gasteiger partial charge in [0.25, 0.3) is 0 Å². The van der Waals surface area contributed by atoms with Crippen molar-refractivity contribution >= 4 is 11.6 Å². The molecule has 0 bridgehead atoms. The van der Waals surface area contributed by atoms with Crippen LogP contribution >= 0.6 is 11.6 Å². The molecule has 2 nitrogen and oxygen atoms in total. The number of rotatable bonds is 3. The molecule has 3 heteroatoms. The largest absolute Gasteiger partial charge is 0.385 e. The van der Waals surface area contributed by atoms with Gasteiger partial charge in [-0.05, 0) is 19.4 Å². The van der Waals surface area contributed by atoms with Crippen LogP contribution in [0.5, 0.6) is 0 Å². The number of pyridine rings is 1. The average molecular weight is 198 g/mol. The Morgan fingerprint density at radius 3 is 2.85 bits per heavy atom. The standard InChI is InChI=1S/C10H12ClNO/c1-3-6-10(2,13)8-4-5-9(11)12-7-8/h3-5,7,13H,1,6H2,2H3. The van der Waals surface area contributed by atoms with Gasteiger partial charge in [-0.2, -0.15) is 0 Å². The quantitative estimate of drug-likeness (QED) is 0.597. The van der Waals surface area contributed by atoms with Gasteiger partial charge < -0.3 is 5.11 Å². The maximum atomic E-state index is 9.92. The molecule has 1 aromatic heterocycles. The highest BCUT2D eigenvalue weighted by Crippen LogP contribution is 2.24. The smallest absolute Gasteiger partial charge is 0.129 e. The van der Waals surface area contributed by atoms with E-state index in [1.165, 1.54) is 0 Å². The fourth-order valence-electron chi connectivity index (χ4n) is 1.09. The van der Waals surface area contributed by atoms with Crippen molar-refractivity contribution in [3.05, 3.63) is 41.7 Å². The van der Waals surface area contributed by atoms with Gasteiger partial charge in [0, 0.05) is 11.8 Å². The predicted molar refractivity (Wildman–Crippen MR) is 53.6 cm³/mol. The Bertz CT molecular complexity index is 292. The molecule has 0 fully saturated rings. The van der Waals surface area contributed by atoms with E-state index in [9.17, 15) is 5.11 Å². The van der Waals surface area contributed by atoms with Crippen LogP contribution < -0.4 is 0 Å². The lowest BCUT2D eigenvalue weighted by Crippen LogP contribution is -2.19. The lowest BCUT2D eigenvalue weighted by molar-refractivity contribution is 0.0603. The van der Waals surface area contributed by atoms with Crippen LogP contribution in [-0.4, -0.2) is 10.1 Å². The van der Waals surface area contributed by atoms with Crippen LogP contribution in [-0.2, 0) is 5.60 Å². The van der Waals surface area contributed by atoms with E-state index < -0.39 is 5.60 Å². The van der Waals surface area contributed by atoms with E-state index in [4.69, 9.17) is 11.6 Å². The molecule has 0 aliphatic carbocycles. The highest BCUT2D eigenvalue weighted by molar-refractivity contribution is 6.29. The number of hydrogen-bond acceptors (Lipinski definition) is 2. The molecule has 0 aromatic carbocycles. The first-order valence-corrected chi connectivity index (χ1v) is 4.39. The van der Waals surface area contributed by atoms with Crippen LogP contribution in [0.2, 0.25) is 5.15 Å². The maximum Gasteiger partial charge on any atom is 0.129 e. The lowest BCUT2D eigenvalue weighted by Gasteiger charge is -2.21. The Kier molecular flexibility index (Phi) is 3.07. The fourth-order valence-corrected chi connectivity index (χ4v) is 1.21. The van der Waals surface area contributed by atoms with Gasteiger partial charge in [0.1, 0.15) is 5.15 Å². The molecule has 13 heavy (non-hydrogen) atoms. The van der Waals surface area contributed by atoms with Gasteiger partial charge in [-0.1, -0.05) is 23.7 Å². The van der Waals surface area contributed by atoms with Crippen molar-refractivity contribution in [3.8, 4) is 0 Å². The third-order valence-corrected chi connectivity index (χ3v) is 2.11. The molecular formula is C10H12ClNO. The van der Waals surface area contributed by atoms with Crippen LogP contribution in [0.15, 0.2) is 31.0 Å². The number of hydrogen-bond donors (Lipinski definition) is 1. The summed E-state index contributed by atoms with van der Waals surface area (Å²) < 4.78 is 0. The molecule has 1 heterocycles. The summed E-state index contributed by atoms with van der Waals surface area (Å²) in [5.41, 5.74) is -0.156. The summed E-state index contributed by atoms with van der Waals surface area (Å²) in [5, 5.41) is 10.4. The van der Waals surface area contributed by atoms with E-state index >= 15 is 0 Å². The van der Waals surface area contributed by atoms with Crippen molar-refractivity contribution in [1.82, 2.24) is 4.98 Å². The van der Waals surface area contributed by atoms with Crippen LogP contribution in [0.4, 0.5) is 0 Å². The second kappa shape index (κ2) is 3.90. The zero-order valence-electron chi connectivity index (χ0n) is 7.50. The Hall–Kier alpha value is -0.860. The van der Waals surface area contributed by atoms with E-state index in [-0.39, 0.29) is 0 Å². The molecule has 0 aliphatic rings. The van der Waals surface area contributed by atoms with E-state index in [0.717, 1.165) is 5.56 Å². The van der Waals surface area contributed by atoms with Crippen molar-refractivity contribution in [1.29, 1.82) is 0 Å². The van der Waals surface area contributed by atoms with Crippen LogP contribution in [0.25, 0.3) is 0 Å². The molecule has 70 valence electrons. The third kappa shape index (κ3) is 2.54. The predicted octanol–water partition coefficient (Wildman–Crippen LogP) is 2.52. The monoisotopic (exact) mass is 197 g/mol. The third-order valence-electron chi connectivity index (χ3n) is 1.89. The number of aromatic nitrogens is 1. The van der Waals surface area contributed by atoms with Gasteiger partial charge in [-0.3, -0.25) is 0 Å². The average Bonchev–Trinajstić information content (AvgIpc) is 2.05. The Morgan fingerprint density at radius 1 is 1.69 bits per heavy atom. The molecule has 1 atom stereocenters. The van der Waals surface area contributed by atoms with Crippen molar-refractivity contribution in [2.45, 2.75) is 18.9 Å². The van der Waals surface area contributed by atoms with Gasteiger partial charge in [-0.15, -0.1) is 6.58 Å². The molecule has 1 unspecified atom stereocenters. The summed E-state index contributed by atoms with van der Waals surface area (Å²) in [6, 6.07) is 3.42. The number of aliphatic hydroxyl groups is 1. The Labute approximate surface area is 82.9 Å². The summed E-state index contributed by atoms with van der Waals surface area (Å²) in [5.74, 6) is 0. The molecule has 0 aliphatic heterocycles. The van der Waals surface area contributed by atoms with Gasteiger partial charge in [-0.25, -0.2) is 4.98 Å². The minimum absolute atomic E-state index is 0.429. The normalized spacial score (nSPS) is 15.0. The molecule has 0 radical (unpaired) electrons. The molecule has 1 N–H and O–H groups in total. The van der Waals surface area contributed by atoms with E-state index in [1.807, 2.05) is 0 Å². The first kappa shape index (κ1) is 10.2. The summed E-state index contributed by atoms with van der Waals surface area (Å²) >= 11 is 5.63. The minimum Gasteiger partial charge on any atom is -0.385 e. The van der Waals surface area contributed by atoms with Crippen molar-refractivity contribution in [2.24, 2.45) is 0 Å². The van der Waals surface area contributed by atoms with Crippen molar-refractivity contribution < 1.29 is 5.11 Å². The molecule has 0 saturated carbocycles. The molecular weight excluding hydrogens is 186 g/mol. The zero-order valence-corrected chi connectivity index (χ0v) is 8.25. The van der Waals surface area contributed by atoms with Crippen LogP contribution in [0.3, 0.4) is 0 Å². The minimum atomic E-state index is -0.903. The topological polar surface area (TPSA) is 33.1 Å². The first-order chi connectivity index (χ1) is 6.06. The Morgan fingerprint density at radius 2 is 2.38 bits per heavy atom. The van der Waals surface area contributed by atoms with Gasteiger partial charge in [0.05, 0.1) is 5.60 Å². The number of nitrogens with zero attached hydrogens (tertiary/aromatic N) is 1. The van der Waals surface area contributed by atoms with Crippen LogP contribution in [0, 0.1) is 0 Å². The fraction of sp³-hybridized carbons (Fsp3) is 0.300. The van der Waals surface area contributed by atoms with Gasteiger partial charge in [0.15, 0.2) is 0 Å². The zero-order chi connectivity index (χ0) is 9.90. The van der Waals surface area contributed by atoms with Crippen molar-refractivity contribution in [2.75, 3.05) is 0 Å². The van der Waals surface area contributed by atoms with Gasteiger partial charge in [0.2, 0.25) is 0 Å². The molecule has 1 rings (SSSR count). The second-order valence-electron chi connectivity index (χ2n) is 3.14. The number of halogens is 1. The first-order valence-electron chi connectivity index (χ1n) is 4.01. The summed E-state index contributed by atoms with van der Waals surface area (Å²) in [7, 11) is 0. The summed E-state index contributed by atoms with van der Waals surface area (Å²) in [4.78, 5) is 3.90. The summed E-state index contributed by atoms with van der Waals surface area (Å²) in [6.07, 6.45) is 3.75. The Balaban J connectivity index is 2.93. The molecule has 0 amide bonds. The van der Waals surface area contributed by atoms with E-state index in [2.05, 4.69) is 11.6 Å². The lowest BCUT2D eigenvalue weighted by atomic mass is 9.94. The van der Waals surface area contributed by atoms with Crippen LogP contribution in [0.1, 0.15) is 18.9 Å². The van der Waals surface area contributed by atoms with E-state index in [0.29, 0.717) is 11.6 Å². The second-order valence-corrected chi connectivity index (χ2v) is 3.52. The highest BCUT2D eigenvalue weighted by atomic mass is 35.5. The molecule has 0 saturated heterocycles. The highest BCUT2D eigenvalue weighted by Gasteiger charge is 2.21.